The van der Waals surface area contributed by atoms with Gasteiger partial charge in [-0.25, -0.2) is 8.42 Å². The highest BCUT2D eigenvalue weighted by Gasteiger charge is 2.38. The molecule has 2 fully saturated rings. The van der Waals surface area contributed by atoms with E-state index in [9.17, 15) is 33.0 Å². The van der Waals surface area contributed by atoms with Gasteiger partial charge in [-0.15, -0.1) is 0 Å². The summed E-state index contributed by atoms with van der Waals surface area (Å²) in [5, 5.41) is 34.1. The summed E-state index contributed by atoms with van der Waals surface area (Å²) in [6, 6.07) is 14.5. The van der Waals surface area contributed by atoms with Gasteiger partial charge in [-0.05, 0) is 72.2 Å². The third-order valence-electron chi connectivity index (χ3n) is 8.81. The molecule has 8 N–H and O–H groups in total. The van der Waals surface area contributed by atoms with Crippen molar-refractivity contribution in [3.05, 3.63) is 66.2 Å². The number of nitrogens with two attached hydrogens (primary N) is 1. The second kappa shape index (κ2) is 15.6. The maximum atomic E-state index is 14.1. The zero-order valence-corrected chi connectivity index (χ0v) is 27.9. The highest BCUT2D eigenvalue weighted by molar-refractivity contribution is 7.89. The van der Waals surface area contributed by atoms with Crippen molar-refractivity contribution in [1.82, 2.24) is 25.2 Å². The second-order valence-corrected chi connectivity index (χ2v) is 14.4. The number of carbonyl (C=O) groups excluding carboxylic acids is 3. The predicted octanol–water partition coefficient (Wildman–Crippen LogP) is 1.36. The fraction of sp³-hybridized carbons (Fsp3) is 0.412. The molecule has 3 amide bonds. The minimum absolute atomic E-state index is 0.0270. The number of hydrogen-bond acceptors (Lipinski definition) is 8. The van der Waals surface area contributed by atoms with Crippen LogP contribution in [0.3, 0.4) is 0 Å². The van der Waals surface area contributed by atoms with E-state index in [4.69, 9.17) is 11.1 Å². The largest absolute Gasteiger partial charge is 0.504 e. The molecule has 1 heterocycles. The summed E-state index contributed by atoms with van der Waals surface area (Å²) in [7, 11) is -4.24. The molecule has 1 saturated carbocycles. The van der Waals surface area contributed by atoms with Gasteiger partial charge in [0.1, 0.15) is 6.04 Å². The van der Waals surface area contributed by atoms with E-state index < -0.39 is 34.3 Å². The van der Waals surface area contributed by atoms with Crippen LogP contribution in [-0.2, 0) is 30.8 Å². The number of guanidine groups is 1. The van der Waals surface area contributed by atoms with Crippen molar-refractivity contribution >= 4 is 44.5 Å². The first-order valence-electron chi connectivity index (χ1n) is 16.3. The molecule has 0 bridgehead atoms. The molecule has 0 aromatic heterocycles. The van der Waals surface area contributed by atoms with Crippen LogP contribution in [0.15, 0.2) is 65.6 Å². The fourth-order valence-electron chi connectivity index (χ4n) is 6.04. The summed E-state index contributed by atoms with van der Waals surface area (Å²) in [5.74, 6) is -2.05. The number of carbonyl (C=O) groups is 3. The molecule has 14 nitrogen and oxygen atoms in total. The third-order valence-corrected chi connectivity index (χ3v) is 10.3. The number of amides is 3. The van der Waals surface area contributed by atoms with E-state index in [-0.39, 0.29) is 66.3 Å². The summed E-state index contributed by atoms with van der Waals surface area (Å²) in [5.41, 5.74) is 6.14. The van der Waals surface area contributed by atoms with Crippen LogP contribution in [0.25, 0.3) is 10.8 Å². The molecule has 5 rings (SSSR count). The van der Waals surface area contributed by atoms with Gasteiger partial charge in [0.05, 0.1) is 17.7 Å². The van der Waals surface area contributed by atoms with Gasteiger partial charge in [0.15, 0.2) is 17.5 Å². The summed E-state index contributed by atoms with van der Waals surface area (Å²) < 4.78 is 29.8. The summed E-state index contributed by atoms with van der Waals surface area (Å²) in [6.07, 6.45) is 2.56. The molecule has 49 heavy (non-hydrogen) atoms. The first-order chi connectivity index (χ1) is 23.4. The van der Waals surface area contributed by atoms with Gasteiger partial charge in [0.25, 0.3) is 0 Å². The van der Waals surface area contributed by atoms with Crippen molar-refractivity contribution < 1.29 is 33.0 Å². The number of fused-ring (bicyclic) bond motifs is 1. The van der Waals surface area contributed by atoms with Gasteiger partial charge in [0, 0.05) is 38.8 Å². The lowest BCUT2D eigenvalue weighted by atomic mass is 9.98. The maximum absolute atomic E-state index is 14.1. The van der Waals surface area contributed by atoms with E-state index in [1.165, 1.54) is 35.2 Å². The van der Waals surface area contributed by atoms with Crippen LogP contribution in [0.5, 0.6) is 11.5 Å². The number of rotatable bonds is 14. The van der Waals surface area contributed by atoms with Gasteiger partial charge in [-0.2, -0.15) is 4.72 Å². The summed E-state index contributed by atoms with van der Waals surface area (Å²) in [4.78, 5) is 43.1. The van der Waals surface area contributed by atoms with Crippen LogP contribution < -0.4 is 21.1 Å². The minimum atomic E-state index is -4.24. The van der Waals surface area contributed by atoms with Gasteiger partial charge < -0.3 is 36.4 Å². The molecule has 262 valence electrons. The Morgan fingerprint density at radius 3 is 2.43 bits per heavy atom. The van der Waals surface area contributed by atoms with Crippen LogP contribution >= 0.6 is 0 Å². The Morgan fingerprint density at radius 2 is 1.71 bits per heavy atom. The van der Waals surface area contributed by atoms with Crippen molar-refractivity contribution in [3.8, 4) is 11.5 Å². The number of phenolic OH excluding ortho intramolecular Hbond substituents is 2. The number of nitrogens with one attached hydrogen (secondary N) is 4. The Kier molecular flexibility index (Phi) is 11.2. The quantitative estimate of drug-likeness (QED) is 0.0736. The van der Waals surface area contributed by atoms with E-state index in [1.807, 2.05) is 12.1 Å². The lowest BCUT2D eigenvalue weighted by Gasteiger charge is -2.33. The van der Waals surface area contributed by atoms with Crippen LogP contribution in [0.4, 0.5) is 0 Å². The maximum Gasteiger partial charge on any atom is 0.241 e. The van der Waals surface area contributed by atoms with Gasteiger partial charge in [-0.1, -0.05) is 36.4 Å². The van der Waals surface area contributed by atoms with Crippen molar-refractivity contribution in [2.45, 2.75) is 55.5 Å². The number of aromatic hydroxyl groups is 2. The average Bonchev–Trinajstić information content (AvgIpc) is 3.92. The number of phenols is 2. The molecule has 1 aliphatic heterocycles. The number of hydrogen-bond donors (Lipinski definition) is 7. The van der Waals surface area contributed by atoms with Crippen molar-refractivity contribution in [2.24, 2.45) is 11.7 Å². The predicted molar refractivity (Wildman–Crippen MR) is 183 cm³/mol. The SMILES string of the molecule is N=C(N)N1CCC[C@@H](CNC(=O)C[C@H](NS(=O)(=O)c2ccc3ccccc3c2)C(=O)N(CCNC(=O)Cc2ccc(O)c(O)c2)C2CC2)C1. The molecule has 0 spiro atoms. The third kappa shape index (κ3) is 9.60. The van der Waals surface area contributed by atoms with Crippen molar-refractivity contribution in [2.75, 3.05) is 32.7 Å². The Labute approximate surface area is 285 Å². The topological polar surface area (TPSA) is 218 Å². The Bertz CT molecular complexity index is 1820. The van der Waals surface area contributed by atoms with E-state index in [0.29, 0.717) is 36.9 Å². The molecule has 0 radical (unpaired) electrons. The molecule has 2 aliphatic rings. The fourth-order valence-corrected chi connectivity index (χ4v) is 7.26. The zero-order chi connectivity index (χ0) is 35.1. The highest BCUT2D eigenvalue weighted by atomic mass is 32.2. The zero-order valence-electron chi connectivity index (χ0n) is 27.1. The van der Waals surface area contributed by atoms with E-state index >= 15 is 0 Å². The van der Waals surface area contributed by atoms with Crippen LogP contribution in [0.2, 0.25) is 0 Å². The molecule has 0 unspecified atom stereocenters. The number of benzene rings is 3. The molecule has 15 heteroatoms. The molecular weight excluding hydrogens is 650 g/mol. The normalized spacial score (nSPS) is 16.9. The van der Waals surface area contributed by atoms with Crippen LogP contribution in [0, 0.1) is 11.3 Å². The monoisotopic (exact) mass is 693 g/mol. The summed E-state index contributed by atoms with van der Waals surface area (Å²) in [6.45, 7) is 1.65. The van der Waals surface area contributed by atoms with Crippen molar-refractivity contribution in [3.63, 3.8) is 0 Å². The molecule has 3 aromatic rings. The molecule has 3 aromatic carbocycles. The molecule has 2 atom stereocenters. The molecule has 1 saturated heterocycles. The smallest absolute Gasteiger partial charge is 0.241 e. The number of sulfonamides is 1. The van der Waals surface area contributed by atoms with Crippen molar-refractivity contribution in [1.29, 1.82) is 5.41 Å². The minimum Gasteiger partial charge on any atom is -0.504 e. The Morgan fingerprint density at radius 1 is 0.959 bits per heavy atom. The number of piperidine rings is 1. The first kappa shape index (κ1) is 35.4. The van der Waals surface area contributed by atoms with Crippen LogP contribution in [0.1, 0.15) is 37.7 Å². The summed E-state index contributed by atoms with van der Waals surface area (Å²) >= 11 is 0. The standard InChI is InChI=1S/C34H43N7O7S/c35-34(36)40-14-3-4-23(21-40)20-38-32(45)19-28(39-49(47,48)27-11-8-24-5-1-2-6-25(24)18-27)33(46)41(26-9-10-26)15-13-37-31(44)17-22-7-12-29(42)30(43)16-22/h1-2,5-8,11-12,16,18,23,26,28,39,42-43H,3-4,9-10,13-15,17,19-21H2,(H3,35,36)(H,37,44)(H,38,45)/t23-,28-/m0/s1. The Balaban J connectivity index is 1.27. The molecule has 1 aliphatic carbocycles. The molecular formula is C34H43N7O7S. The van der Waals surface area contributed by atoms with E-state index in [0.717, 1.165) is 18.2 Å². The van der Waals surface area contributed by atoms with Gasteiger partial charge in [0.2, 0.25) is 27.7 Å². The lowest BCUT2D eigenvalue weighted by Crippen LogP contribution is -2.53. The Hall–Kier alpha value is -4.89. The first-order valence-corrected chi connectivity index (χ1v) is 17.8. The average molecular weight is 694 g/mol. The number of likely N-dealkylation sites (tertiary alicyclic amines) is 1. The number of nitrogens with zero attached hydrogens (tertiary/aromatic N) is 2. The van der Waals surface area contributed by atoms with E-state index in [1.54, 1.807) is 23.1 Å². The lowest BCUT2D eigenvalue weighted by molar-refractivity contribution is -0.136. The second-order valence-electron chi connectivity index (χ2n) is 12.6. The van der Waals surface area contributed by atoms with Gasteiger partial charge in [-0.3, -0.25) is 19.8 Å². The van der Waals surface area contributed by atoms with Gasteiger partial charge >= 0.3 is 0 Å². The highest BCUT2D eigenvalue weighted by Crippen LogP contribution is 2.28. The van der Waals surface area contributed by atoms with Crippen LogP contribution in [-0.4, -0.2) is 96.9 Å². The van der Waals surface area contributed by atoms with E-state index in [2.05, 4.69) is 15.4 Å².